The SMILES string of the molecule is CCCCC1CCC(CCc2ccc(C(C)CCCO)cc2)CC1. The molecule has 2 rings (SSSR count). The van der Waals surface area contributed by atoms with Gasteiger partial charge in [-0.15, -0.1) is 0 Å². The molecule has 0 heterocycles. The third kappa shape index (κ3) is 6.59. The van der Waals surface area contributed by atoms with Crippen molar-refractivity contribution in [3.05, 3.63) is 35.4 Å². The van der Waals surface area contributed by atoms with Gasteiger partial charge >= 0.3 is 0 Å². The van der Waals surface area contributed by atoms with Crippen LogP contribution in [0.3, 0.4) is 0 Å². The summed E-state index contributed by atoms with van der Waals surface area (Å²) in [5.41, 5.74) is 2.92. The van der Waals surface area contributed by atoms with Crippen LogP contribution in [0.25, 0.3) is 0 Å². The highest BCUT2D eigenvalue weighted by Crippen LogP contribution is 2.34. The highest BCUT2D eigenvalue weighted by atomic mass is 16.2. The molecule has 1 aliphatic carbocycles. The number of aliphatic hydroxyl groups excluding tert-OH is 1. The Bertz CT molecular complexity index is 428. The van der Waals surface area contributed by atoms with E-state index in [0.717, 1.165) is 24.7 Å². The Labute approximate surface area is 149 Å². The minimum Gasteiger partial charge on any atom is -0.396 e. The van der Waals surface area contributed by atoms with Crippen LogP contribution in [-0.4, -0.2) is 11.7 Å². The number of unbranched alkanes of at least 4 members (excludes halogenated alkanes) is 1. The van der Waals surface area contributed by atoms with Crippen molar-refractivity contribution in [2.24, 2.45) is 11.8 Å². The van der Waals surface area contributed by atoms with Crippen LogP contribution >= 0.6 is 0 Å². The van der Waals surface area contributed by atoms with Crippen LogP contribution in [0.4, 0.5) is 0 Å². The van der Waals surface area contributed by atoms with Gasteiger partial charge in [-0.2, -0.15) is 0 Å². The van der Waals surface area contributed by atoms with Gasteiger partial charge in [-0.25, -0.2) is 0 Å². The molecule has 0 saturated heterocycles. The van der Waals surface area contributed by atoms with Gasteiger partial charge in [0.15, 0.2) is 0 Å². The number of aryl methyl sites for hydroxylation is 1. The average Bonchev–Trinajstić information content (AvgIpc) is 2.64. The fraction of sp³-hybridized carbons (Fsp3) is 0.739. The summed E-state index contributed by atoms with van der Waals surface area (Å²) in [6, 6.07) is 9.27. The molecule has 1 saturated carbocycles. The van der Waals surface area contributed by atoms with E-state index < -0.39 is 0 Å². The second kappa shape index (κ2) is 10.9. The van der Waals surface area contributed by atoms with Crippen LogP contribution < -0.4 is 0 Å². The van der Waals surface area contributed by atoms with Gasteiger partial charge in [0.1, 0.15) is 0 Å². The van der Waals surface area contributed by atoms with E-state index in [1.165, 1.54) is 68.9 Å². The quantitative estimate of drug-likeness (QED) is 0.519. The molecule has 1 heteroatoms. The minimum absolute atomic E-state index is 0.309. The van der Waals surface area contributed by atoms with Crippen molar-refractivity contribution in [1.29, 1.82) is 0 Å². The van der Waals surface area contributed by atoms with Crippen molar-refractivity contribution in [1.82, 2.24) is 0 Å². The molecule has 1 N–H and O–H groups in total. The predicted octanol–water partition coefficient (Wildman–Crippen LogP) is 6.49. The van der Waals surface area contributed by atoms with Crippen LogP contribution in [0.1, 0.15) is 95.1 Å². The monoisotopic (exact) mass is 330 g/mol. The molecule has 0 aliphatic heterocycles. The van der Waals surface area contributed by atoms with Crippen molar-refractivity contribution in [3.63, 3.8) is 0 Å². The first-order chi connectivity index (χ1) is 11.7. The average molecular weight is 331 g/mol. The highest BCUT2D eigenvalue weighted by molar-refractivity contribution is 5.25. The molecule has 1 aliphatic rings. The molecule has 0 spiro atoms. The van der Waals surface area contributed by atoms with Crippen molar-refractivity contribution < 1.29 is 5.11 Å². The molecule has 0 bridgehead atoms. The first-order valence-corrected chi connectivity index (χ1v) is 10.4. The number of aliphatic hydroxyl groups is 1. The molecule has 0 aromatic heterocycles. The molecular formula is C23H38O. The lowest BCUT2D eigenvalue weighted by Crippen LogP contribution is -2.15. The minimum atomic E-state index is 0.309. The van der Waals surface area contributed by atoms with E-state index >= 15 is 0 Å². The summed E-state index contributed by atoms with van der Waals surface area (Å²) in [5, 5.41) is 8.96. The topological polar surface area (TPSA) is 20.2 Å². The van der Waals surface area contributed by atoms with Gasteiger partial charge in [0, 0.05) is 6.61 Å². The van der Waals surface area contributed by atoms with E-state index in [1.807, 2.05) is 0 Å². The molecule has 1 aromatic rings. The Morgan fingerprint density at radius 1 is 0.958 bits per heavy atom. The smallest absolute Gasteiger partial charge is 0.0431 e. The summed E-state index contributed by atoms with van der Waals surface area (Å²) in [7, 11) is 0. The molecule has 1 nitrogen and oxygen atoms in total. The second-order valence-corrected chi connectivity index (χ2v) is 8.08. The van der Waals surface area contributed by atoms with Crippen molar-refractivity contribution >= 4 is 0 Å². The zero-order valence-electron chi connectivity index (χ0n) is 16.0. The van der Waals surface area contributed by atoms with E-state index in [4.69, 9.17) is 5.11 Å². The van der Waals surface area contributed by atoms with Crippen molar-refractivity contribution in [2.75, 3.05) is 6.61 Å². The van der Waals surface area contributed by atoms with Gasteiger partial charge in [-0.1, -0.05) is 83.1 Å². The summed E-state index contributed by atoms with van der Waals surface area (Å²) in [6.45, 7) is 4.88. The maximum Gasteiger partial charge on any atom is 0.0431 e. The summed E-state index contributed by atoms with van der Waals surface area (Å²) >= 11 is 0. The summed E-state index contributed by atoms with van der Waals surface area (Å²) in [5.74, 6) is 2.55. The standard InChI is InChI=1S/C23H38O/c1-3-4-7-20-8-10-21(11-9-20)12-13-22-14-16-23(17-15-22)19(2)6-5-18-24/h14-17,19-21,24H,3-13,18H2,1-2H3. The first-order valence-electron chi connectivity index (χ1n) is 10.4. The lowest BCUT2D eigenvalue weighted by atomic mass is 9.78. The number of benzene rings is 1. The van der Waals surface area contributed by atoms with Gasteiger partial charge in [0.2, 0.25) is 0 Å². The van der Waals surface area contributed by atoms with Crippen LogP contribution in [0, 0.1) is 11.8 Å². The third-order valence-electron chi connectivity index (χ3n) is 6.12. The largest absolute Gasteiger partial charge is 0.396 e. The van der Waals surface area contributed by atoms with Crippen LogP contribution in [0.5, 0.6) is 0 Å². The van der Waals surface area contributed by atoms with Crippen LogP contribution in [0.15, 0.2) is 24.3 Å². The van der Waals surface area contributed by atoms with Crippen LogP contribution in [-0.2, 0) is 6.42 Å². The second-order valence-electron chi connectivity index (χ2n) is 8.08. The maximum absolute atomic E-state index is 8.96. The highest BCUT2D eigenvalue weighted by Gasteiger charge is 2.20. The lowest BCUT2D eigenvalue weighted by Gasteiger charge is -2.28. The molecule has 24 heavy (non-hydrogen) atoms. The van der Waals surface area contributed by atoms with E-state index in [9.17, 15) is 0 Å². The number of hydrogen-bond donors (Lipinski definition) is 1. The van der Waals surface area contributed by atoms with Crippen LogP contribution in [0.2, 0.25) is 0 Å². The third-order valence-corrected chi connectivity index (χ3v) is 6.12. The zero-order chi connectivity index (χ0) is 17.2. The predicted molar refractivity (Wildman–Crippen MR) is 104 cm³/mol. The van der Waals surface area contributed by atoms with Gasteiger partial charge in [-0.05, 0) is 54.6 Å². The summed E-state index contributed by atoms with van der Waals surface area (Å²) in [4.78, 5) is 0. The van der Waals surface area contributed by atoms with Crippen molar-refractivity contribution in [2.45, 2.75) is 90.4 Å². The van der Waals surface area contributed by atoms with Gasteiger partial charge in [0.05, 0.1) is 0 Å². The normalized spacial score (nSPS) is 22.5. The zero-order valence-corrected chi connectivity index (χ0v) is 16.0. The molecule has 0 amide bonds. The van der Waals surface area contributed by atoms with E-state index in [0.29, 0.717) is 12.5 Å². The Kier molecular flexibility index (Phi) is 8.88. The molecule has 136 valence electrons. The fourth-order valence-electron chi connectivity index (χ4n) is 4.25. The maximum atomic E-state index is 8.96. The van der Waals surface area contributed by atoms with Gasteiger partial charge < -0.3 is 5.11 Å². The molecule has 0 radical (unpaired) electrons. The summed E-state index contributed by atoms with van der Waals surface area (Å²) in [6.07, 6.45) is 14.7. The van der Waals surface area contributed by atoms with Gasteiger partial charge in [-0.3, -0.25) is 0 Å². The van der Waals surface area contributed by atoms with Crippen molar-refractivity contribution in [3.8, 4) is 0 Å². The molecule has 1 aromatic carbocycles. The number of rotatable bonds is 10. The lowest BCUT2D eigenvalue weighted by molar-refractivity contribution is 0.250. The Balaban J connectivity index is 1.69. The fourth-order valence-corrected chi connectivity index (χ4v) is 4.25. The Morgan fingerprint density at radius 3 is 2.17 bits per heavy atom. The first kappa shape index (κ1) is 19.5. The molecule has 1 unspecified atom stereocenters. The Morgan fingerprint density at radius 2 is 1.58 bits per heavy atom. The van der Waals surface area contributed by atoms with E-state index in [-0.39, 0.29) is 0 Å². The summed E-state index contributed by atoms with van der Waals surface area (Å²) < 4.78 is 0. The van der Waals surface area contributed by atoms with E-state index in [1.54, 1.807) is 0 Å². The molecule has 1 atom stereocenters. The van der Waals surface area contributed by atoms with E-state index in [2.05, 4.69) is 38.1 Å². The molecular weight excluding hydrogens is 292 g/mol. The Hall–Kier alpha value is -0.820. The molecule has 1 fully saturated rings. The number of hydrogen-bond acceptors (Lipinski definition) is 1. The van der Waals surface area contributed by atoms with Gasteiger partial charge in [0.25, 0.3) is 0 Å².